The third kappa shape index (κ3) is 2.21. The quantitative estimate of drug-likeness (QED) is 0.856. The zero-order valence-electron chi connectivity index (χ0n) is 11.9. The minimum atomic E-state index is -0.964. The Balaban J connectivity index is 2.02. The summed E-state index contributed by atoms with van der Waals surface area (Å²) in [4.78, 5) is 23.5. The number of Topliss-reactive ketones (excluding diaryl/α,β-unsaturated/α-hetero) is 1. The van der Waals surface area contributed by atoms with Crippen molar-refractivity contribution >= 4 is 33.2 Å². The van der Waals surface area contributed by atoms with Crippen molar-refractivity contribution in [1.29, 1.82) is 0 Å². The standard InChI is InChI=1S/C15H13FO5S/c1-20-9-5-10-8(12(16)14(9)21-2)4-11(22-10)13(17)6-3-7(6)15(18)19/h4-7H,3H2,1-2H3,(H,18,19)/t6-,7+/m1/s1. The molecule has 1 aliphatic rings. The first-order chi connectivity index (χ1) is 10.5. The topological polar surface area (TPSA) is 72.8 Å². The summed E-state index contributed by atoms with van der Waals surface area (Å²) in [6.07, 6.45) is 0.345. The van der Waals surface area contributed by atoms with Crippen LogP contribution in [0.25, 0.3) is 10.1 Å². The van der Waals surface area contributed by atoms with Gasteiger partial charge in [-0.3, -0.25) is 9.59 Å². The molecule has 1 heterocycles. The smallest absolute Gasteiger partial charge is 0.307 e. The lowest BCUT2D eigenvalue weighted by Gasteiger charge is -2.08. The van der Waals surface area contributed by atoms with Crippen molar-refractivity contribution < 1.29 is 28.6 Å². The van der Waals surface area contributed by atoms with E-state index in [2.05, 4.69) is 0 Å². The van der Waals surface area contributed by atoms with Crippen molar-refractivity contribution in [1.82, 2.24) is 0 Å². The van der Waals surface area contributed by atoms with E-state index in [1.807, 2.05) is 0 Å². The number of ketones is 1. The Morgan fingerprint density at radius 2 is 2.00 bits per heavy atom. The largest absolute Gasteiger partial charge is 0.493 e. The molecule has 1 N–H and O–H groups in total. The molecule has 1 aromatic heterocycles. The minimum Gasteiger partial charge on any atom is -0.493 e. The highest BCUT2D eigenvalue weighted by molar-refractivity contribution is 7.20. The lowest BCUT2D eigenvalue weighted by molar-refractivity contribution is -0.138. The van der Waals surface area contributed by atoms with Crippen molar-refractivity contribution in [2.24, 2.45) is 11.8 Å². The number of carbonyl (C=O) groups excluding carboxylic acids is 1. The molecule has 1 saturated carbocycles. The summed E-state index contributed by atoms with van der Waals surface area (Å²) >= 11 is 1.13. The van der Waals surface area contributed by atoms with Gasteiger partial charge in [-0.05, 0) is 12.5 Å². The molecule has 1 fully saturated rings. The highest BCUT2D eigenvalue weighted by atomic mass is 32.1. The first kappa shape index (κ1) is 14.8. The molecule has 0 spiro atoms. The van der Waals surface area contributed by atoms with Gasteiger partial charge in [-0.25, -0.2) is 4.39 Å². The molecule has 0 bridgehead atoms. The first-order valence-corrected chi connectivity index (χ1v) is 7.40. The van der Waals surface area contributed by atoms with Gasteiger partial charge in [0.2, 0.25) is 0 Å². The third-order valence-corrected chi connectivity index (χ3v) is 4.89. The van der Waals surface area contributed by atoms with E-state index >= 15 is 0 Å². The van der Waals surface area contributed by atoms with E-state index in [0.29, 0.717) is 16.0 Å². The number of aliphatic carboxylic acids is 1. The Bertz CT molecular complexity index is 782. The van der Waals surface area contributed by atoms with Crippen LogP contribution in [0.3, 0.4) is 0 Å². The van der Waals surface area contributed by atoms with Crippen LogP contribution < -0.4 is 9.47 Å². The summed E-state index contributed by atoms with van der Waals surface area (Å²) in [6, 6.07) is 3.07. The van der Waals surface area contributed by atoms with E-state index in [1.54, 1.807) is 6.07 Å². The van der Waals surface area contributed by atoms with E-state index in [1.165, 1.54) is 20.3 Å². The van der Waals surface area contributed by atoms with Gasteiger partial charge < -0.3 is 14.6 Å². The van der Waals surface area contributed by atoms with Crippen LogP contribution in [0.1, 0.15) is 16.1 Å². The molecular formula is C15H13FO5S. The fraction of sp³-hybridized carbons (Fsp3) is 0.333. The van der Waals surface area contributed by atoms with Crippen LogP contribution >= 0.6 is 11.3 Å². The number of methoxy groups -OCH3 is 2. The van der Waals surface area contributed by atoms with E-state index in [0.717, 1.165) is 11.3 Å². The zero-order chi connectivity index (χ0) is 16.0. The molecule has 1 aromatic carbocycles. The van der Waals surface area contributed by atoms with Crippen LogP contribution in [-0.2, 0) is 4.79 Å². The average Bonchev–Trinajstić information content (AvgIpc) is 3.19. The maximum Gasteiger partial charge on any atom is 0.307 e. The normalized spacial score (nSPS) is 20.0. The molecule has 0 unspecified atom stereocenters. The number of benzene rings is 1. The van der Waals surface area contributed by atoms with E-state index < -0.39 is 23.6 Å². The summed E-state index contributed by atoms with van der Waals surface area (Å²) in [6.45, 7) is 0. The molecule has 5 nitrogen and oxygen atoms in total. The maximum absolute atomic E-state index is 14.4. The number of halogens is 1. The van der Waals surface area contributed by atoms with Crippen LogP contribution in [0.5, 0.6) is 11.5 Å². The number of hydrogen-bond donors (Lipinski definition) is 1. The van der Waals surface area contributed by atoms with Gasteiger partial charge in [-0.1, -0.05) is 0 Å². The van der Waals surface area contributed by atoms with Crippen molar-refractivity contribution in [3.05, 3.63) is 22.8 Å². The molecule has 3 rings (SSSR count). The van der Waals surface area contributed by atoms with Gasteiger partial charge in [0.1, 0.15) is 0 Å². The number of thiophene rings is 1. The molecule has 2 aromatic rings. The summed E-state index contributed by atoms with van der Waals surface area (Å²) < 4.78 is 25.1. The second-order valence-corrected chi connectivity index (χ2v) is 6.18. The SMILES string of the molecule is COc1cc2sc(C(=O)[C@@H]3C[C@@H]3C(=O)O)cc2c(F)c1OC. The second-order valence-electron chi connectivity index (χ2n) is 5.10. The molecule has 0 radical (unpaired) electrons. The number of carboxylic acid groups (broad SMARTS) is 1. The third-order valence-electron chi connectivity index (χ3n) is 3.79. The summed E-state index contributed by atoms with van der Waals surface area (Å²) in [5.74, 6) is -2.67. The van der Waals surface area contributed by atoms with Crippen LogP contribution in [-0.4, -0.2) is 31.1 Å². The Morgan fingerprint density at radius 1 is 1.27 bits per heavy atom. The molecule has 22 heavy (non-hydrogen) atoms. The van der Waals surface area contributed by atoms with Crippen LogP contribution in [0.2, 0.25) is 0 Å². The van der Waals surface area contributed by atoms with Crippen LogP contribution in [0, 0.1) is 17.7 Å². The number of hydrogen-bond acceptors (Lipinski definition) is 5. The van der Waals surface area contributed by atoms with Crippen LogP contribution in [0.15, 0.2) is 12.1 Å². The lowest BCUT2D eigenvalue weighted by atomic mass is 10.1. The number of carbonyl (C=O) groups is 2. The molecule has 0 aliphatic heterocycles. The zero-order valence-corrected chi connectivity index (χ0v) is 12.7. The van der Waals surface area contributed by atoms with E-state index in [-0.39, 0.29) is 22.7 Å². The fourth-order valence-electron chi connectivity index (χ4n) is 2.50. The van der Waals surface area contributed by atoms with Gasteiger partial charge in [0.15, 0.2) is 23.1 Å². The fourth-order valence-corrected chi connectivity index (χ4v) is 3.59. The van der Waals surface area contributed by atoms with E-state index in [4.69, 9.17) is 14.6 Å². The second kappa shape index (κ2) is 5.24. The molecule has 2 atom stereocenters. The van der Waals surface area contributed by atoms with Crippen molar-refractivity contribution in [3.63, 3.8) is 0 Å². The minimum absolute atomic E-state index is 0.0124. The molecular weight excluding hydrogens is 311 g/mol. The Morgan fingerprint density at radius 3 is 2.55 bits per heavy atom. The highest BCUT2D eigenvalue weighted by Crippen LogP contribution is 2.45. The maximum atomic E-state index is 14.4. The molecule has 1 aliphatic carbocycles. The van der Waals surface area contributed by atoms with Crippen LogP contribution in [0.4, 0.5) is 4.39 Å². The predicted octanol–water partition coefficient (Wildman–Crippen LogP) is 2.96. The van der Waals surface area contributed by atoms with Crippen molar-refractivity contribution in [2.45, 2.75) is 6.42 Å². The monoisotopic (exact) mass is 324 g/mol. The lowest BCUT2D eigenvalue weighted by Crippen LogP contribution is -2.06. The van der Waals surface area contributed by atoms with Gasteiger partial charge in [-0.2, -0.15) is 0 Å². The van der Waals surface area contributed by atoms with Gasteiger partial charge in [0, 0.05) is 22.1 Å². The first-order valence-electron chi connectivity index (χ1n) is 6.59. The van der Waals surface area contributed by atoms with Gasteiger partial charge >= 0.3 is 5.97 Å². The highest BCUT2D eigenvalue weighted by Gasteiger charge is 2.48. The number of fused-ring (bicyclic) bond motifs is 1. The van der Waals surface area contributed by atoms with E-state index in [9.17, 15) is 14.0 Å². The van der Waals surface area contributed by atoms with Gasteiger partial charge in [0.25, 0.3) is 0 Å². The molecule has 7 heteroatoms. The Kier molecular flexibility index (Phi) is 3.52. The molecule has 0 amide bonds. The number of rotatable bonds is 5. The summed E-state index contributed by atoms with van der Waals surface area (Å²) in [7, 11) is 2.75. The van der Waals surface area contributed by atoms with Crippen molar-refractivity contribution in [3.8, 4) is 11.5 Å². The summed E-state index contributed by atoms with van der Waals surface area (Å²) in [5, 5.41) is 9.17. The van der Waals surface area contributed by atoms with Gasteiger partial charge in [-0.15, -0.1) is 11.3 Å². The molecule has 0 saturated heterocycles. The summed E-state index contributed by atoms with van der Waals surface area (Å²) in [5.41, 5.74) is 0. The number of carboxylic acids is 1. The Labute approximate surface area is 129 Å². The number of ether oxygens (including phenoxy) is 2. The predicted molar refractivity (Wildman–Crippen MR) is 78.5 cm³/mol. The average molecular weight is 324 g/mol. The Hall–Kier alpha value is -2.15. The van der Waals surface area contributed by atoms with Gasteiger partial charge in [0.05, 0.1) is 25.0 Å². The van der Waals surface area contributed by atoms with Crippen molar-refractivity contribution in [2.75, 3.05) is 14.2 Å². The molecule has 116 valence electrons.